The minimum Gasteiger partial charge on any atom is -0.371 e. The smallest absolute Gasteiger partial charge is 0.272 e. The predicted octanol–water partition coefficient (Wildman–Crippen LogP) is 3.93. The molecule has 0 radical (unpaired) electrons. The molecule has 1 aromatic carbocycles. The van der Waals surface area contributed by atoms with E-state index in [1.807, 2.05) is 54.9 Å². The molecule has 3 heterocycles. The Morgan fingerprint density at radius 2 is 1.86 bits per heavy atom. The number of aromatic nitrogens is 2. The van der Waals surface area contributed by atoms with Crippen molar-refractivity contribution in [2.24, 2.45) is 5.92 Å². The molecule has 0 saturated carbocycles. The number of piperidine rings is 1. The average Bonchev–Trinajstić information content (AvgIpc) is 3.22. The lowest BCUT2D eigenvalue weighted by molar-refractivity contribution is 0.0941. The summed E-state index contributed by atoms with van der Waals surface area (Å²) in [7, 11) is 0. The minimum atomic E-state index is -0.115. The first kappa shape index (κ1) is 18.4. The van der Waals surface area contributed by atoms with Gasteiger partial charge in [0.05, 0.1) is 5.51 Å². The summed E-state index contributed by atoms with van der Waals surface area (Å²) in [5.41, 5.74) is 4.33. The number of benzene rings is 1. The molecular weight excluding hydrogens is 370 g/mol. The standard InChI is InChI=1S/C21H23N5OS/c27-20(19-21(28-15-24-19)25-17-4-2-1-3-5-17)23-14-16-8-12-26(13-9-16)18-6-10-22-11-7-18/h1-7,10-11,15-16,25H,8-9,12-14H2,(H,23,27). The summed E-state index contributed by atoms with van der Waals surface area (Å²) in [6.07, 6.45) is 5.79. The summed E-state index contributed by atoms with van der Waals surface area (Å²) < 4.78 is 0. The van der Waals surface area contributed by atoms with Crippen LogP contribution >= 0.6 is 11.3 Å². The van der Waals surface area contributed by atoms with Crippen molar-refractivity contribution >= 4 is 33.6 Å². The highest BCUT2D eigenvalue weighted by atomic mass is 32.1. The topological polar surface area (TPSA) is 70.2 Å². The van der Waals surface area contributed by atoms with Gasteiger partial charge in [-0.2, -0.15) is 0 Å². The number of nitrogens with zero attached hydrogens (tertiary/aromatic N) is 3. The molecule has 144 valence electrons. The molecule has 4 rings (SSSR count). The van der Waals surface area contributed by atoms with Gasteiger partial charge >= 0.3 is 0 Å². The second-order valence-electron chi connectivity index (χ2n) is 6.87. The van der Waals surface area contributed by atoms with Crippen LogP contribution in [-0.2, 0) is 0 Å². The lowest BCUT2D eigenvalue weighted by Gasteiger charge is -2.33. The van der Waals surface area contributed by atoms with E-state index in [0.29, 0.717) is 18.2 Å². The predicted molar refractivity (Wildman–Crippen MR) is 113 cm³/mol. The summed E-state index contributed by atoms with van der Waals surface area (Å²) in [6.45, 7) is 2.69. The third-order valence-electron chi connectivity index (χ3n) is 5.01. The molecule has 2 aromatic heterocycles. The van der Waals surface area contributed by atoms with Crippen molar-refractivity contribution in [3.8, 4) is 0 Å². The normalized spacial score (nSPS) is 14.6. The van der Waals surface area contributed by atoms with Crippen LogP contribution in [0.1, 0.15) is 23.3 Å². The molecule has 1 aliphatic rings. The number of hydrogen-bond acceptors (Lipinski definition) is 6. The number of hydrogen-bond donors (Lipinski definition) is 2. The van der Waals surface area contributed by atoms with Crippen molar-refractivity contribution in [1.82, 2.24) is 15.3 Å². The number of rotatable bonds is 6. The summed E-state index contributed by atoms with van der Waals surface area (Å²) in [6, 6.07) is 13.9. The Labute approximate surface area is 168 Å². The molecule has 2 N–H and O–H groups in total. The lowest BCUT2D eigenvalue weighted by atomic mass is 9.96. The van der Waals surface area contributed by atoms with E-state index < -0.39 is 0 Å². The number of thiazole rings is 1. The van der Waals surface area contributed by atoms with E-state index in [1.54, 1.807) is 5.51 Å². The molecule has 1 aliphatic heterocycles. The van der Waals surface area contributed by atoms with Crippen LogP contribution in [0.15, 0.2) is 60.4 Å². The van der Waals surface area contributed by atoms with Crippen molar-refractivity contribution < 1.29 is 4.79 Å². The van der Waals surface area contributed by atoms with Gasteiger partial charge in [0.1, 0.15) is 5.00 Å². The van der Waals surface area contributed by atoms with Gasteiger partial charge in [0.15, 0.2) is 5.69 Å². The van der Waals surface area contributed by atoms with Gasteiger partial charge in [-0.05, 0) is 43.0 Å². The van der Waals surface area contributed by atoms with Gasteiger partial charge in [0.25, 0.3) is 5.91 Å². The number of para-hydroxylation sites is 1. The van der Waals surface area contributed by atoms with E-state index >= 15 is 0 Å². The third-order valence-corrected chi connectivity index (χ3v) is 5.75. The van der Waals surface area contributed by atoms with Crippen LogP contribution in [0.4, 0.5) is 16.4 Å². The highest BCUT2D eigenvalue weighted by Gasteiger charge is 2.21. The van der Waals surface area contributed by atoms with Crippen molar-refractivity contribution in [2.75, 3.05) is 29.9 Å². The number of carbonyl (C=O) groups is 1. The van der Waals surface area contributed by atoms with Crippen LogP contribution in [0.2, 0.25) is 0 Å². The van der Waals surface area contributed by atoms with Gasteiger partial charge in [-0.15, -0.1) is 11.3 Å². The van der Waals surface area contributed by atoms with E-state index in [9.17, 15) is 4.79 Å². The van der Waals surface area contributed by atoms with Crippen molar-refractivity contribution in [3.63, 3.8) is 0 Å². The largest absolute Gasteiger partial charge is 0.371 e. The second-order valence-corrected chi connectivity index (χ2v) is 7.72. The zero-order chi connectivity index (χ0) is 19.2. The van der Waals surface area contributed by atoms with Crippen LogP contribution < -0.4 is 15.5 Å². The van der Waals surface area contributed by atoms with Crippen LogP contribution in [0.3, 0.4) is 0 Å². The second kappa shape index (κ2) is 8.84. The summed E-state index contributed by atoms with van der Waals surface area (Å²) in [4.78, 5) is 23.3. The van der Waals surface area contributed by atoms with Crippen molar-refractivity contribution in [1.29, 1.82) is 0 Å². The molecular formula is C21H23N5OS. The van der Waals surface area contributed by atoms with Gasteiger partial charge in [-0.1, -0.05) is 18.2 Å². The molecule has 1 saturated heterocycles. The summed E-state index contributed by atoms with van der Waals surface area (Å²) in [5, 5.41) is 7.13. The Kier molecular flexibility index (Phi) is 5.82. The zero-order valence-electron chi connectivity index (χ0n) is 15.5. The van der Waals surface area contributed by atoms with Gasteiger partial charge in [0, 0.05) is 43.4 Å². The van der Waals surface area contributed by atoms with Gasteiger partial charge in [-0.25, -0.2) is 4.98 Å². The first-order chi connectivity index (χ1) is 13.8. The maximum absolute atomic E-state index is 12.6. The first-order valence-electron chi connectivity index (χ1n) is 9.48. The van der Waals surface area contributed by atoms with Gasteiger partial charge < -0.3 is 15.5 Å². The molecule has 6 nitrogen and oxygen atoms in total. The quantitative estimate of drug-likeness (QED) is 0.664. The number of amides is 1. The molecule has 3 aromatic rings. The Hall–Kier alpha value is -2.93. The first-order valence-corrected chi connectivity index (χ1v) is 10.4. The molecule has 28 heavy (non-hydrogen) atoms. The molecule has 0 bridgehead atoms. The molecule has 7 heteroatoms. The SMILES string of the molecule is O=C(NCC1CCN(c2ccncc2)CC1)c1ncsc1Nc1ccccc1. The highest BCUT2D eigenvalue weighted by molar-refractivity contribution is 7.14. The molecule has 0 unspecified atom stereocenters. The Morgan fingerprint density at radius 1 is 1.11 bits per heavy atom. The zero-order valence-corrected chi connectivity index (χ0v) is 16.4. The van der Waals surface area contributed by atoms with E-state index in [1.165, 1.54) is 17.0 Å². The van der Waals surface area contributed by atoms with Crippen LogP contribution in [0.25, 0.3) is 0 Å². The molecule has 0 spiro atoms. The van der Waals surface area contributed by atoms with Gasteiger partial charge in [-0.3, -0.25) is 9.78 Å². The molecule has 0 atom stereocenters. The third kappa shape index (κ3) is 4.48. The maximum Gasteiger partial charge on any atom is 0.272 e. The Morgan fingerprint density at radius 3 is 2.61 bits per heavy atom. The maximum atomic E-state index is 12.6. The van der Waals surface area contributed by atoms with Crippen LogP contribution in [0.5, 0.6) is 0 Å². The molecule has 0 aliphatic carbocycles. The number of carbonyl (C=O) groups excluding carboxylic acids is 1. The molecule has 1 amide bonds. The van der Waals surface area contributed by atoms with E-state index in [-0.39, 0.29) is 5.91 Å². The average molecular weight is 394 g/mol. The monoisotopic (exact) mass is 393 g/mol. The summed E-state index contributed by atoms with van der Waals surface area (Å²) in [5.74, 6) is 0.377. The molecule has 1 fully saturated rings. The highest BCUT2D eigenvalue weighted by Crippen LogP contribution is 2.25. The van der Waals surface area contributed by atoms with E-state index in [0.717, 1.165) is 36.6 Å². The van der Waals surface area contributed by atoms with Crippen molar-refractivity contribution in [2.45, 2.75) is 12.8 Å². The van der Waals surface area contributed by atoms with Gasteiger partial charge in [0.2, 0.25) is 0 Å². The minimum absolute atomic E-state index is 0.115. The Balaban J connectivity index is 1.28. The lowest BCUT2D eigenvalue weighted by Crippen LogP contribution is -2.38. The van der Waals surface area contributed by atoms with Crippen molar-refractivity contribution in [3.05, 3.63) is 66.1 Å². The fourth-order valence-corrected chi connectivity index (χ4v) is 4.12. The fraction of sp³-hybridized carbons (Fsp3) is 0.286. The number of nitrogens with one attached hydrogen (secondary N) is 2. The summed E-state index contributed by atoms with van der Waals surface area (Å²) >= 11 is 1.44. The van der Waals surface area contributed by atoms with E-state index in [2.05, 4.69) is 25.5 Å². The van der Waals surface area contributed by atoms with Crippen LogP contribution in [0, 0.1) is 5.92 Å². The van der Waals surface area contributed by atoms with Crippen LogP contribution in [-0.4, -0.2) is 35.5 Å². The fourth-order valence-electron chi connectivity index (χ4n) is 3.42. The number of pyridine rings is 1. The number of anilines is 3. The Bertz CT molecular complexity index is 891. The van der Waals surface area contributed by atoms with E-state index in [4.69, 9.17) is 0 Å².